The molecule has 0 aliphatic rings. The summed E-state index contributed by atoms with van der Waals surface area (Å²) in [6, 6.07) is 1.81. The molecule has 0 fully saturated rings. The van der Waals surface area contributed by atoms with Crippen molar-refractivity contribution in [1.29, 1.82) is 0 Å². The molecule has 0 unspecified atom stereocenters. The first-order valence-electron chi connectivity index (χ1n) is 4.95. The molecule has 1 heterocycles. The summed E-state index contributed by atoms with van der Waals surface area (Å²) in [5.41, 5.74) is 5.65. The van der Waals surface area contributed by atoms with Crippen molar-refractivity contribution in [2.45, 2.75) is 26.7 Å². The molecule has 1 aromatic rings. The van der Waals surface area contributed by atoms with E-state index in [9.17, 15) is 0 Å². The Balaban J connectivity index is 2.73. The van der Waals surface area contributed by atoms with E-state index in [4.69, 9.17) is 5.73 Å². The highest BCUT2D eigenvalue weighted by molar-refractivity contribution is 5.46. The summed E-state index contributed by atoms with van der Waals surface area (Å²) in [7, 11) is 2.02. The molecule has 0 aromatic carbocycles. The molecule has 0 aliphatic heterocycles. The summed E-state index contributed by atoms with van der Waals surface area (Å²) in [5.74, 6) is 2.17. The van der Waals surface area contributed by atoms with Gasteiger partial charge in [0.05, 0.1) is 0 Å². The van der Waals surface area contributed by atoms with E-state index in [1.165, 1.54) is 12.8 Å². The molecule has 78 valence electrons. The van der Waals surface area contributed by atoms with Gasteiger partial charge in [-0.25, -0.2) is 9.97 Å². The Labute approximate surface area is 85.2 Å². The van der Waals surface area contributed by atoms with Crippen LogP contribution in [0.1, 0.15) is 25.6 Å². The first kappa shape index (κ1) is 10.8. The maximum atomic E-state index is 5.65. The lowest BCUT2D eigenvalue weighted by atomic mass is 10.3. The molecule has 0 saturated heterocycles. The van der Waals surface area contributed by atoms with Gasteiger partial charge in [-0.1, -0.05) is 13.3 Å². The van der Waals surface area contributed by atoms with Crippen molar-refractivity contribution in [3.05, 3.63) is 11.9 Å². The largest absolute Gasteiger partial charge is 0.384 e. The maximum absolute atomic E-state index is 5.65. The Morgan fingerprint density at radius 1 is 1.43 bits per heavy atom. The molecule has 0 radical (unpaired) electrons. The second-order valence-electron chi connectivity index (χ2n) is 3.47. The summed E-state index contributed by atoms with van der Waals surface area (Å²) in [4.78, 5) is 10.5. The second kappa shape index (κ2) is 4.79. The Kier molecular flexibility index (Phi) is 3.68. The fourth-order valence-electron chi connectivity index (χ4n) is 1.28. The summed E-state index contributed by atoms with van der Waals surface area (Å²) in [6.45, 7) is 5.04. The molecule has 4 heteroatoms. The maximum Gasteiger partial charge on any atom is 0.134 e. The van der Waals surface area contributed by atoms with Crippen molar-refractivity contribution in [3.8, 4) is 0 Å². The number of unbranched alkanes of at least 4 members (excludes halogenated alkanes) is 1. The number of aromatic nitrogens is 2. The minimum Gasteiger partial charge on any atom is -0.384 e. The van der Waals surface area contributed by atoms with Crippen LogP contribution in [0.25, 0.3) is 0 Å². The Morgan fingerprint density at radius 2 is 2.14 bits per heavy atom. The van der Waals surface area contributed by atoms with E-state index in [1.807, 2.05) is 20.0 Å². The van der Waals surface area contributed by atoms with Crippen LogP contribution in [0.3, 0.4) is 0 Å². The zero-order valence-corrected chi connectivity index (χ0v) is 9.12. The predicted octanol–water partition coefficient (Wildman–Crippen LogP) is 1.60. The first-order valence-corrected chi connectivity index (χ1v) is 4.95. The molecule has 0 atom stereocenters. The monoisotopic (exact) mass is 194 g/mol. The van der Waals surface area contributed by atoms with Gasteiger partial charge >= 0.3 is 0 Å². The highest BCUT2D eigenvalue weighted by Gasteiger charge is 2.03. The first-order chi connectivity index (χ1) is 6.63. The number of hydrogen-bond acceptors (Lipinski definition) is 4. The van der Waals surface area contributed by atoms with Crippen molar-refractivity contribution >= 4 is 11.6 Å². The van der Waals surface area contributed by atoms with Gasteiger partial charge in [-0.3, -0.25) is 0 Å². The second-order valence-corrected chi connectivity index (χ2v) is 3.47. The van der Waals surface area contributed by atoms with Crippen molar-refractivity contribution in [3.63, 3.8) is 0 Å². The van der Waals surface area contributed by atoms with E-state index in [0.717, 1.165) is 18.2 Å². The van der Waals surface area contributed by atoms with Crippen molar-refractivity contribution < 1.29 is 0 Å². The number of nitrogens with two attached hydrogens (primary N) is 1. The molecular formula is C10H18N4. The summed E-state index contributed by atoms with van der Waals surface area (Å²) < 4.78 is 0. The third kappa shape index (κ3) is 2.87. The zero-order chi connectivity index (χ0) is 10.6. The fraction of sp³-hybridized carbons (Fsp3) is 0.600. The van der Waals surface area contributed by atoms with Crippen LogP contribution in [0, 0.1) is 6.92 Å². The fourth-order valence-corrected chi connectivity index (χ4v) is 1.28. The van der Waals surface area contributed by atoms with Gasteiger partial charge in [-0.05, 0) is 13.3 Å². The van der Waals surface area contributed by atoms with Gasteiger partial charge in [-0.15, -0.1) is 0 Å². The van der Waals surface area contributed by atoms with Crippen molar-refractivity contribution in [1.82, 2.24) is 9.97 Å². The topological polar surface area (TPSA) is 55.0 Å². The van der Waals surface area contributed by atoms with Crippen LogP contribution in [0.15, 0.2) is 6.07 Å². The van der Waals surface area contributed by atoms with Gasteiger partial charge in [0, 0.05) is 19.7 Å². The highest BCUT2D eigenvalue weighted by atomic mass is 15.2. The van der Waals surface area contributed by atoms with Gasteiger partial charge < -0.3 is 10.6 Å². The lowest BCUT2D eigenvalue weighted by Crippen LogP contribution is -2.20. The van der Waals surface area contributed by atoms with Crippen LogP contribution in [-0.2, 0) is 0 Å². The highest BCUT2D eigenvalue weighted by Crippen LogP contribution is 2.12. The van der Waals surface area contributed by atoms with E-state index in [2.05, 4.69) is 21.8 Å². The summed E-state index contributed by atoms with van der Waals surface area (Å²) in [6.07, 6.45) is 2.35. The summed E-state index contributed by atoms with van der Waals surface area (Å²) >= 11 is 0. The minimum absolute atomic E-state index is 0.538. The summed E-state index contributed by atoms with van der Waals surface area (Å²) in [5, 5.41) is 0. The lowest BCUT2D eigenvalue weighted by Gasteiger charge is -2.18. The van der Waals surface area contributed by atoms with Gasteiger partial charge in [0.25, 0.3) is 0 Å². The third-order valence-electron chi connectivity index (χ3n) is 2.08. The van der Waals surface area contributed by atoms with Crippen LogP contribution in [-0.4, -0.2) is 23.6 Å². The molecule has 0 saturated carbocycles. The quantitative estimate of drug-likeness (QED) is 0.791. The molecular weight excluding hydrogens is 176 g/mol. The van der Waals surface area contributed by atoms with E-state index in [1.54, 1.807) is 0 Å². The third-order valence-corrected chi connectivity index (χ3v) is 2.08. The Morgan fingerprint density at radius 3 is 2.71 bits per heavy atom. The van der Waals surface area contributed by atoms with E-state index in [-0.39, 0.29) is 0 Å². The van der Waals surface area contributed by atoms with Gasteiger partial charge in [0.2, 0.25) is 0 Å². The van der Waals surface area contributed by atoms with Crippen LogP contribution in [0.4, 0.5) is 11.6 Å². The SMILES string of the molecule is CCCCN(C)c1cc(N)nc(C)n1. The number of hydrogen-bond donors (Lipinski definition) is 1. The van der Waals surface area contributed by atoms with E-state index >= 15 is 0 Å². The molecule has 0 aliphatic carbocycles. The van der Waals surface area contributed by atoms with Crippen LogP contribution in [0.2, 0.25) is 0 Å². The lowest BCUT2D eigenvalue weighted by molar-refractivity contribution is 0.756. The van der Waals surface area contributed by atoms with Crippen LogP contribution < -0.4 is 10.6 Å². The number of nitrogens with zero attached hydrogens (tertiary/aromatic N) is 3. The minimum atomic E-state index is 0.538. The average molecular weight is 194 g/mol. The number of rotatable bonds is 4. The van der Waals surface area contributed by atoms with Crippen LogP contribution in [0.5, 0.6) is 0 Å². The predicted molar refractivity (Wildman–Crippen MR) is 59.4 cm³/mol. The van der Waals surface area contributed by atoms with E-state index < -0.39 is 0 Å². The molecule has 0 amide bonds. The Hall–Kier alpha value is -1.32. The molecule has 4 nitrogen and oxygen atoms in total. The van der Waals surface area contributed by atoms with Crippen molar-refractivity contribution in [2.75, 3.05) is 24.2 Å². The molecule has 0 bridgehead atoms. The average Bonchev–Trinajstić information content (AvgIpc) is 2.12. The molecule has 0 spiro atoms. The van der Waals surface area contributed by atoms with Crippen molar-refractivity contribution in [2.24, 2.45) is 0 Å². The standard InChI is InChI=1S/C10H18N4/c1-4-5-6-14(3)10-7-9(11)12-8(2)13-10/h7H,4-6H2,1-3H3,(H2,11,12,13). The Bertz CT molecular complexity index is 278. The van der Waals surface area contributed by atoms with Gasteiger partial charge in [-0.2, -0.15) is 0 Å². The molecule has 2 N–H and O–H groups in total. The smallest absolute Gasteiger partial charge is 0.134 e. The zero-order valence-electron chi connectivity index (χ0n) is 9.12. The normalized spacial score (nSPS) is 10.2. The molecule has 1 aromatic heterocycles. The number of anilines is 2. The molecule has 14 heavy (non-hydrogen) atoms. The number of nitrogen functional groups attached to an aromatic ring is 1. The van der Waals surface area contributed by atoms with Gasteiger partial charge in [0.15, 0.2) is 0 Å². The van der Waals surface area contributed by atoms with E-state index in [0.29, 0.717) is 5.82 Å². The van der Waals surface area contributed by atoms with Crippen LogP contribution >= 0.6 is 0 Å². The van der Waals surface area contributed by atoms with Gasteiger partial charge in [0.1, 0.15) is 17.5 Å². The molecule has 1 rings (SSSR count). The number of aryl methyl sites for hydroxylation is 1.